The summed E-state index contributed by atoms with van der Waals surface area (Å²) in [5.41, 5.74) is 6.98. The maximum atomic E-state index is 8.72. The highest BCUT2D eigenvalue weighted by molar-refractivity contribution is 5.07. The zero-order valence-electron chi connectivity index (χ0n) is 11.5. The van der Waals surface area contributed by atoms with Gasteiger partial charge in [-0.1, -0.05) is 0 Å². The number of hydrogen-bond acceptors (Lipinski definition) is 4. The van der Waals surface area contributed by atoms with Crippen molar-refractivity contribution in [2.24, 2.45) is 5.73 Å². The number of unbranched alkanes of at least 4 members (excludes halogenated alkanes) is 2. The maximum Gasteiger partial charge on any atom is 0.0951 e. The second-order valence-corrected chi connectivity index (χ2v) is 4.85. The zero-order valence-corrected chi connectivity index (χ0v) is 11.5. The van der Waals surface area contributed by atoms with E-state index >= 15 is 0 Å². The molecule has 0 fully saturated rings. The summed E-state index contributed by atoms with van der Waals surface area (Å²) < 4.78 is 2.15. The van der Waals surface area contributed by atoms with Crippen molar-refractivity contribution in [2.45, 2.75) is 45.2 Å². The summed E-state index contributed by atoms with van der Waals surface area (Å²) in [6.07, 6.45) is 6.73. The van der Waals surface area contributed by atoms with E-state index in [4.69, 9.17) is 10.8 Å². The SMILES string of the molecule is CC(C)n1cncc1C(CN)NCCCCCO. The monoisotopic (exact) mass is 254 g/mol. The first-order valence-corrected chi connectivity index (χ1v) is 6.76. The van der Waals surface area contributed by atoms with Gasteiger partial charge >= 0.3 is 0 Å². The largest absolute Gasteiger partial charge is 0.396 e. The molecule has 1 heterocycles. The Bertz CT molecular complexity index is 325. The smallest absolute Gasteiger partial charge is 0.0951 e. The van der Waals surface area contributed by atoms with Crippen molar-refractivity contribution in [3.8, 4) is 0 Å². The molecule has 1 rings (SSSR count). The van der Waals surface area contributed by atoms with Gasteiger partial charge < -0.3 is 20.7 Å². The van der Waals surface area contributed by atoms with Gasteiger partial charge in [0.1, 0.15) is 0 Å². The van der Waals surface area contributed by atoms with Gasteiger partial charge in [0.05, 0.1) is 18.1 Å². The minimum atomic E-state index is 0.157. The normalized spacial score (nSPS) is 13.2. The van der Waals surface area contributed by atoms with E-state index in [2.05, 4.69) is 28.7 Å². The van der Waals surface area contributed by atoms with E-state index < -0.39 is 0 Å². The van der Waals surface area contributed by atoms with E-state index in [1.165, 1.54) is 0 Å². The quantitative estimate of drug-likeness (QED) is 0.579. The van der Waals surface area contributed by atoms with E-state index in [1.54, 1.807) is 0 Å². The molecule has 0 radical (unpaired) electrons. The molecule has 0 aliphatic heterocycles. The van der Waals surface area contributed by atoms with Crippen molar-refractivity contribution < 1.29 is 5.11 Å². The highest BCUT2D eigenvalue weighted by Gasteiger charge is 2.14. The number of imidazole rings is 1. The number of aromatic nitrogens is 2. The van der Waals surface area contributed by atoms with Gasteiger partial charge in [0, 0.05) is 25.4 Å². The fraction of sp³-hybridized carbons (Fsp3) is 0.769. The molecular formula is C13H26N4O. The van der Waals surface area contributed by atoms with Crippen molar-refractivity contribution in [1.82, 2.24) is 14.9 Å². The average molecular weight is 254 g/mol. The highest BCUT2D eigenvalue weighted by atomic mass is 16.2. The van der Waals surface area contributed by atoms with Gasteiger partial charge in [-0.15, -0.1) is 0 Å². The van der Waals surface area contributed by atoms with Crippen LogP contribution < -0.4 is 11.1 Å². The molecule has 0 saturated heterocycles. The number of hydrogen-bond donors (Lipinski definition) is 3. The lowest BCUT2D eigenvalue weighted by Gasteiger charge is -2.20. The topological polar surface area (TPSA) is 76.1 Å². The third-order valence-corrected chi connectivity index (χ3v) is 3.07. The second-order valence-electron chi connectivity index (χ2n) is 4.85. The van der Waals surface area contributed by atoms with Gasteiger partial charge in [-0.2, -0.15) is 0 Å². The molecule has 1 atom stereocenters. The van der Waals surface area contributed by atoms with Crippen molar-refractivity contribution in [1.29, 1.82) is 0 Å². The number of aliphatic hydroxyl groups is 1. The third-order valence-electron chi connectivity index (χ3n) is 3.07. The Hall–Kier alpha value is -0.910. The van der Waals surface area contributed by atoms with Crippen LogP contribution >= 0.6 is 0 Å². The van der Waals surface area contributed by atoms with E-state index in [1.807, 2.05) is 12.5 Å². The Labute approximate surface area is 109 Å². The van der Waals surface area contributed by atoms with Crippen LogP contribution in [0.5, 0.6) is 0 Å². The Balaban J connectivity index is 2.47. The molecule has 104 valence electrons. The Morgan fingerprint density at radius 2 is 2.17 bits per heavy atom. The summed E-state index contributed by atoms with van der Waals surface area (Å²) in [6, 6.07) is 0.553. The lowest BCUT2D eigenvalue weighted by molar-refractivity contribution is 0.282. The van der Waals surface area contributed by atoms with Gasteiger partial charge in [-0.25, -0.2) is 4.98 Å². The number of nitrogens with two attached hydrogens (primary N) is 1. The van der Waals surface area contributed by atoms with Crippen molar-refractivity contribution in [3.05, 3.63) is 18.2 Å². The lowest BCUT2D eigenvalue weighted by Crippen LogP contribution is -2.31. The van der Waals surface area contributed by atoms with Gasteiger partial charge in [-0.3, -0.25) is 0 Å². The van der Waals surface area contributed by atoms with Gasteiger partial charge in [0.25, 0.3) is 0 Å². The summed E-state index contributed by atoms with van der Waals surface area (Å²) in [5.74, 6) is 0. The number of rotatable bonds is 9. The van der Waals surface area contributed by atoms with Crippen LogP contribution in [0.25, 0.3) is 0 Å². The molecule has 1 aromatic rings. The average Bonchev–Trinajstić information content (AvgIpc) is 2.83. The molecule has 0 aliphatic carbocycles. The van der Waals surface area contributed by atoms with Crippen molar-refractivity contribution in [3.63, 3.8) is 0 Å². The number of aliphatic hydroxyl groups excluding tert-OH is 1. The molecule has 0 aliphatic rings. The fourth-order valence-corrected chi connectivity index (χ4v) is 2.01. The minimum absolute atomic E-state index is 0.157. The first-order chi connectivity index (χ1) is 8.70. The van der Waals surface area contributed by atoms with E-state index in [9.17, 15) is 0 Å². The molecule has 5 heteroatoms. The van der Waals surface area contributed by atoms with Crippen molar-refractivity contribution in [2.75, 3.05) is 19.7 Å². The molecule has 4 N–H and O–H groups in total. The van der Waals surface area contributed by atoms with E-state index in [-0.39, 0.29) is 12.6 Å². The number of nitrogens with one attached hydrogen (secondary N) is 1. The molecular weight excluding hydrogens is 228 g/mol. The summed E-state index contributed by atoms with van der Waals surface area (Å²) in [7, 11) is 0. The van der Waals surface area contributed by atoms with Crippen LogP contribution in [-0.4, -0.2) is 34.4 Å². The van der Waals surface area contributed by atoms with E-state index in [0.717, 1.165) is 31.5 Å². The lowest BCUT2D eigenvalue weighted by atomic mass is 10.2. The van der Waals surface area contributed by atoms with Gasteiger partial charge in [0.15, 0.2) is 0 Å². The molecule has 0 aromatic carbocycles. The van der Waals surface area contributed by atoms with Gasteiger partial charge in [-0.05, 0) is 39.7 Å². The molecule has 0 saturated carbocycles. The first kappa shape index (κ1) is 15.1. The predicted molar refractivity (Wildman–Crippen MR) is 73.3 cm³/mol. The van der Waals surface area contributed by atoms with Crippen LogP contribution in [0.1, 0.15) is 50.9 Å². The maximum absolute atomic E-state index is 8.72. The van der Waals surface area contributed by atoms with Crippen LogP contribution in [0.2, 0.25) is 0 Å². The third kappa shape index (κ3) is 4.40. The predicted octanol–water partition coefficient (Wildman–Crippen LogP) is 1.22. The molecule has 1 aromatic heterocycles. The van der Waals surface area contributed by atoms with Crippen LogP contribution in [0.3, 0.4) is 0 Å². The van der Waals surface area contributed by atoms with Crippen LogP contribution in [0, 0.1) is 0 Å². The summed E-state index contributed by atoms with van der Waals surface area (Å²) in [4.78, 5) is 4.20. The van der Waals surface area contributed by atoms with Crippen LogP contribution in [0.15, 0.2) is 12.5 Å². The summed E-state index contributed by atoms with van der Waals surface area (Å²) in [5, 5.41) is 12.2. The second kappa shape index (κ2) is 8.24. The summed E-state index contributed by atoms with van der Waals surface area (Å²) in [6.45, 7) is 6.05. The zero-order chi connectivity index (χ0) is 13.4. The molecule has 0 amide bonds. The summed E-state index contributed by atoms with van der Waals surface area (Å²) >= 11 is 0. The first-order valence-electron chi connectivity index (χ1n) is 6.76. The van der Waals surface area contributed by atoms with Crippen LogP contribution in [-0.2, 0) is 0 Å². The molecule has 18 heavy (non-hydrogen) atoms. The standard InChI is InChI=1S/C13H26N4O/c1-11(2)17-10-15-9-13(17)12(8-14)16-6-4-3-5-7-18/h9-12,16,18H,3-8,14H2,1-2H3. The Kier molecular flexibility index (Phi) is 6.93. The van der Waals surface area contributed by atoms with Crippen molar-refractivity contribution >= 4 is 0 Å². The molecule has 1 unspecified atom stereocenters. The Morgan fingerprint density at radius 3 is 2.78 bits per heavy atom. The Morgan fingerprint density at radius 1 is 1.39 bits per heavy atom. The number of nitrogens with zero attached hydrogens (tertiary/aromatic N) is 2. The highest BCUT2D eigenvalue weighted by Crippen LogP contribution is 2.16. The van der Waals surface area contributed by atoms with Gasteiger partial charge in [0.2, 0.25) is 0 Å². The van der Waals surface area contributed by atoms with Crippen LogP contribution in [0.4, 0.5) is 0 Å². The van der Waals surface area contributed by atoms with E-state index in [0.29, 0.717) is 12.6 Å². The molecule has 0 bridgehead atoms. The molecule has 5 nitrogen and oxygen atoms in total. The molecule has 0 spiro atoms. The minimum Gasteiger partial charge on any atom is -0.396 e. The fourth-order valence-electron chi connectivity index (χ4n) is 2.01.